The van der Waals surface area contributed by atoms with E-state index in [0.29, 0.717) is 28.9 Å². The third-order valence-corrected chi connectivity index (χ3v) is 6.81. The Balaban J connectivity index is 1.39. The number of amides is 1. The number of methoxy groups -OCH3 is 1. The van der Waals surface area contributed by atoms with Gasteiger partial charge in [0.1, 0.15) is 6.61 Å². The molecule has 1 N–H and O–H groups in total. The SMILES string of the molecule is COc1ccc(Cc2nc3c(c4c2[nH]c2ccccc24)C(=O)CN(C(=O)OCc2ccccc2)C3)cc1F. The number of nitrogens with zero attached hydrogens (tertiary/aromatic N) is 2. The number of H-pyrrole nitrogens is 1. The van der Waals surface area contributed by atoms with Gasteiger partial charge >= 0.3 is 6.09 Å². The minimum atomic E-state index is -0.576. The summed E-state index contributed by atoms with van der Waals surface area (Å²) in [4.78, 5) is 36.0. The van der Waals surface area contributed by atoms with E-state index in [1.54, 1.807) is 12.1 Å². The summed E-state index contributed by atoms with van der Waals surface area (Å²) in [6.07, 6.45) is -0.253. The van der Waals surface area contributed by atoms with Gasteiger partial charge < -0.3 is 14.5 Å². The molecule has 3 aromatic carbocycles. The summed E-state index contributed by atoms with van der Waals surface area (Å²) >= 11 is 0. The standard InChI is InChI=1S/C30H24FN3O4/c1-37-26-12-11-19(13-21(26)31)14-23-29-27(20-9-5-6-10-22(20)33-29)28-24(32-23)15-34(16-25(28)35)30(36)38-17-18-7-3-2-4-8-18/h2-13,33H,14-17H2,1H3. The van der Waals surface area contributed by atoms with E-state index in [1.807, 2.05) is 54.6 Å². The fraction of sp³-hybridized carbons (Fsp3) is 0.167. The number of aromatic nitrogens is 2. The number of pyridine rings is 1. The highest BCUT2D eigenvalue weighted by Crippen LogP contribution is 2.35. The fourth-order valence-corrected chi connectivity index (χ4v) is 5.02. The van der Waals surface area contributed by atoms with Gasteiger partial charge in [-0.3, -0.25) is 14.7 Å². The zero-order chi connectivity index (χ0) is 26.2. The minimum absolute atomic E-state index is 0.0973. The van der Waals surface area contributed by atoms with Gasteiger partial charge in [0.25, 0.3) is 0 Å². The van der Waals surface area contributed by atoms with Gasteiger partial charge in [0, 0.05) is 22.7 Å². The van der Waals surface area contributed by atoms with Gasteiger partial charge in [-0.2, -0.15) is 0 Å². The molecule has 38 heavy (non-hydrogen) atoms. The van der Waals surface area contributed by atoms with Crippen LogP contribution >= 0.6 is 0 Å². The zero-order valence-corrected chi connectivity index (χ0v) is 20.7. The largest absolute Gasteiger partial charge is 0.494 e. The molecule has 0 atom stereocenters. The molecular formula is C30H24FN3O4. The molecule has 0 fully saturated rings. The number of benzene rings is 3. The van der Waals surface area contributed by atoms with E-state index in [4.69, 9.17) is 14.5 Å². The van der Waals surface area contributed by atoms with Crippen LogP contribution in [0.1, 0.15) is 32.9 Å². The van der Waals surface area contributed by atoms with Crippen LogP contribution in [0, 0.1) is 5.82 Å². The van der Waals surface area contributed by atoms with E-state index in [9.17, 15) is 14.0 Å². The maximum absolute atomic E-state index is 14.4. The molecule has 0 saturated carbocycles. The number of rotatable bonds is 5. The molecule has 6 rings (SSSR count). The Morgan fingerprint density at radius 1 is 1.03 bits per heavy atom. The lowest BCUT2D eigenvalue weighted by atomic mass is 9.95. The Kier molecular flexibility index (Phi) is 5.99. The van der Waals surface area contributed by atoms with Crippen molar-refractivity contribution >= 4 is 33.7 Å². The summed E-state index contributed by atoms with van der Waals surface area (Å²) in [5.41, 5.74) is 4.83. The molecule has 1 aliphatic heterocycles. The van der Waals surface area contributed by atoms with Crippen LogP contribution in [0.4, 0.5) is 9.18 Å². The normalized spacial score (nSPS) is 13.1. The van der Waals surface area contributed by atoms with Crippen LogP contribution < -0.4 is 4.74 Å². The van der Waals surface area contributed by atoms with E-state index >= 15 is 0 Å². The molecule has 8 heteroatoms. The topological polar surface area (TPSA) is 84.5 Å². The van der Waals surface area contributed by atoms with E-state index in [2.05, 4.69) is 4.98 Å². The second-order valence-electron chi connectivity index (χ2n) is 9.27. The summed E-state index contributed by atoms with van der Waals surface area (Å²) < 4.78 is 25.0. The minimum Gasteiger partial charge on any atom is -0.494 e. The lowest BCUT2D eigenvalue weighted by Gasteiger charge is -2.27. The van der Waals surface area contributed by atoms with Gasteiger partial charge in [0.05, 0.1) is 42.7 Å². The Morgan fingerprint density at radius 2 is 1.82 bits per heavy atom. The van der Waals surface area contributed by atoms with E-state index in [-0.39, 0.29) is 31.2 Å². The van der Waals surface area contributed by atoms with Crippen molar-refractivity contribution in [3.05, 3.63) is 107 Å². The molecule has 0 unspecified atom stereocenters. The van der Waals surface area contributed by atoms with Crippen LogP contribution in [-0.2, 0) is 24.3 Å². The van der Waals surface area contributed by atoms with Crippen molar-refractivity contribution in [2.45, 2.75) is 19.6 Å². The van der Waals surface area contributed by atoms with Crippen LogP contribution in [0.25, 0.3) is 21.8 Å². The maximum Gasteiger partial charge on any atom is 0.410 e. The fourth-order valence-electron chi connectivity index (χ4n) is 5.02. The summed E-state index contributed by atoms with van der Waals surface area (Å²) in [5, 5.41) is 1.67. The molecule has 3 heterocycles. The van der Waals surface area contributed by atoms with Crippen LogP contribution in [0.5, 0.6) is 5.75 Å². The molecule has 1 aliphatic rings. The van der Waals surface area contributed by atoms with Crippen LogP contribution in [0.3, 0.4) is 0 Å². The molecule has 1 amide bonds. The third-order valence-electron chi connectivity index (χ3n) is 6.81. The number of aromatic amines is 1. The van der Waals surface area contributed by atoms with Gasteiger partial charge in [0.2, 0.25) is 0 Å². The Hall–Kier alpha value is -4.72. The second kappa shape index (κ2) is 9.63. The van der Waals surface area contributed by atoms with Crippen molar-refractivity contribution in [2.75, 3.05) is 13.7 Å². The molecular weight excluding hydrogens is 485 g/mol. The highest BCUT2D eigenvalue weighted by atomic mass is 19.1. The summed E-state index contributed by atoms with van der Waals surface area (Å²) in [6, 6.07) is 21.9. The smallest absolute Gasteiger partial charge is 0.410 e. The predicted octanol–water partition coefficient (Wildman–Crippen LogP) is 5.79. The number of hydrogen-bond acceptors (Lipinski definition) is 5. The van der Waals surface area contributed by atoms with Crippen LogP contribution in [-0.4, -0.2) is 40.4 Å². The highest BCUT2D eigenvalue weighted by Gasteiger charge is 2.32. The number of Topliss-reactive ketones (excluding diaryl/α,β-unsaturated/α-hetero) is 1. The number of ether oxygens (including phenoxy) is 2. The molecule has 0 saturated heterocycles. The predicted molar refractivity (Wildman–Crippen MR) is 141 cm³/mol. The molecule has 5 aromatic rings. The van der Waals surface area contributed by atoms with E-state index in [0.717, 1.165) is 27.4 Å². The number of para-hydroxylation sites is 1. The molecule has 0 aliphatic carbocycles. The average Bonchev–Trinajstić information content (AvgIpc) is 3.32. The Morgan fingerprint density at radius 3 is 2.61 bits per heavy atom. The van der Waals surface area contributed by atoms with Crippen LogP contribution in [0.15, 0.2) is 72.8 Å². The molecule has 2 aromatic heterocycles. The van der Waals surface area contributed by atoms with Crippen LogP contribution in [0.2, 0.25) is 0 Å². The number of carbonyl (C=O) groups excluding carboxylic acids is 2. The first-order valence-corrected chi connectivity index (χ1v) is 12.2. The lowest BCUT2D eigenvalue weighted by Crippen LogP contribution is -2.40. The number of fused-ring (bicyclic) bond motifs is 5. The summed E-state index contributed by atoms with van der Waals surface area (Å²) in [5.74, 6) is -0.497. The molecule has 0 radical (unpaired) electrons. The Labute approximate surface area is 217 Å². The molecule has 0 spiro atoms. The number of halogens is 1. The Bertz CT molecular complexity index is 1700. The molecule has 0 bridgehead atoms. The monoisotopic (exact) mass is 509 g/mol. The van der Waals surface area contributed by atoms with Gasteiger partial charge in [0.15, 0.2) is 17.3 Å². The highest BCUT2D eigenvalue weighted by molar-refractivity contribution is 6.20. The van der Waals surface area contributed by atoms with Gasteiger partial charge in [-0.05, 0) is 29.3 Å². The quantitative estimate of drug-likeness (QED) is 0.324. The summed E-state index contributed by atoms with van der Waals surface area (Å²) in [6.45, 7) is 0.147. The van der Waals surface area contributed by atoms with E-state index in [1.165, 1.54) is 18.1 Å². The number of nitrogens with one attached hydrogen (secondary N) is 1. The van der Waals surface area contributed by atoms with Crippen molar-refractivity contribution in [3.63, 3.8) is 0 Å². The van der Waals surface area contributed by atoms with E-state index < -0.39 is 11.9 Å². The van der Waals surface area contributed by atoms with Gasteiger partial charge in [-0.1, -0.05) is 54.6 Å². The van der Waals surface area contributed by atoms with Crippen molar-refractivity contribution < 1.29 is 23.5 Å². The summed E-state index contributed by atoms with van der Waals surface area (Å²) in [7, 11) is 1.42. The first-order chi connectivity index (χ1) is 18.5. The second-order valence-corrected chi connectivity index (χ2v) is 9.27. The van der Waals surface area contributed by atoms with Crippen molar-refractivity contribution in [1.82, 2.24) is 14.9 Å². The maximum atomic E-state index is 14.4. The lowest BCUT2D eigenvalue weighted by molar-refractivity contribution is 0.0753. The zero-order valence-electron chi connectivity index (χ0n) is 20.7. The molecule has 190 valence electrons. The number of hydrogen-bond donors (Lipinski definition) is 1. The first-order valence-electron chi connectivity index (χ1n) is 12.2. The van der Waals surface area contributed by atoms with Crippen molar-refractivity contribution in [1.29, 1.82) is 0 Å². The van der Waals surface area contributed by atoms with Gasteiger partial charge in [-0.15, -0.1) is 0 Å². The third kappa shape index (κ3) is 4.24. The van der Waals surface area contributed by atoms with Crippen molar-refractivity contribution in [2.24, 2.45) is 0 Å². The van der Waals surface area contributed by atoms with Crippen molar-refractivity contribution in [3.8, 4) is 5.75 Å². The van der Waals surface area contributed by atoms with Gasteiger partial charge in [-0.25, -0.2) is 9.18 Å². The number of carbonyl (C=O) groups is 2. The number of ketones is 1. The molecule has 7 nitrogen and oxygen atoms in total. The first kappa shape index (κ1) is 23.7. The average molecular weight is 510 g/mol.